The van der Waals surface area contributed by atoms with E-state index in [2.05, 4.69) is 21.9 Å². The maximum absolute atomic E-state index is 14.1. The van der Waals surface area contributed by atoms with Crippen LogP contribution in [0.1, 0.15) is 43.1 Å². The summed E-state index contributed by atoms with van der Waals surface area (Å²) in [6.07, 6.45) is -2.12. The van der Waals surface area contributed by atoms with Crippen LogP contribution in [0.15, 0.2) is 35.6 Å². The van der Waals surface area contributed by atoms with E-state index in [-0.39, 0.29) is 19.1 Å². The molecule has 11 heteroatoms. The second-order valence-corrected chi connectivity index (χ2v) is 7.59. The lowest BCUT2D eigenvalue weighted by atomic mass is 10.1. The molecule has 1 heterocycles. The average Bonchev–Trinajstić information content (AvgIpc) is 2.85. The van der Waals surface area contributed by atoms with Gasteiger partial charge >= 0.3 is 6.18 Å². The topological polar surface area (TPSA) is 67.3 Å². The minimum absolute atomic E-state index is 0.194. The average molecular weight is 509 g/mol. The van der Waals surface area contributed by atoms with Crippen LogP contribution in [0.2, 0.25) is 0 Å². The highest BCUT2D eigenvalue weighted by Gasteiger charge is 2.32. The Kier molecular flexibility index (Phi) is 10.1. The summed E-state index contributed by atoms with van der Waals surface area (Å²) in [5, 5.41) is 5.74. The third kappa shape index (κ3) is 7.34. The van der Waals surface area contributed by atoms with Crippen LogP contribution in [0.4, 0.5) is 23.2 Å². The molecule has 1 amide bonds. The normalized spacial score (nSPS) is 12.0. The number of hydrogen-bond acceptors (Lipinski definition) is 6. The Bertz CT molecular complexity index is 1140. The molecule has 0 saturated carbocycles. The van der Waals surface area contributed by atoms with Crippen molar-refractivity contribution in [3.63, 3.8) is 0 Å². The summed E-state index contributed by atoms with van der Waals surface area (Å²) >= 11 is 0. The number of likely N-dealkylation sites (N-methyl/N-ethyl adjacent to an activating group) is 1. The van der Waals surface area contributed by atoms with E-state index in [1.807, 2.05) is 6.92 Å². The van der Waals surface area contributed by atoms with Gasteiger partial charge in [0.05, 0.1) is 36.2 Å². The number of hydrazone groups is 1. The Morgan fingerprint density at radius 2 is 2.00 bits per heavy atom. The second-order valence-electron chi connectivity index (χ2n) is 7.59. The molecule has 36 heavy (non-hydrogen) atoms. The molecular weight excluding hydrogens is 480 g/mol. The second kappa shape index (κ2) is 12.8. The number of nitrogens with zero attached hydrogens (tertiary/aromatic N) is 4. The summed E-state index contributed by atoms with van der Waals surface area (Å²) < 4.78 is 62.9. The smallest absolute Gasteiger partial charge is 0.417 e. The van der Waals surface area contributed by atoms with Crippen molar-refractivity contribution >= 4 is 17.8 Å². The number of aromatic nitrogens is 1. The molecule has 0 fully saturated rings. The lowest BCUT2D eigenvalue weighted by Gasteiger charge is -2.29. The SMILES string of the molecule is CCC#C/C=N\N(C)c1cc(OC)ccc1C(=O)N(CC)C(C)COc1ncc(C(F)(F)F)cc1F. The molecule has 0 bridgehead atoms. The van der Waals surface area contributed by atoms with Gasteiger partial charge in [0.1, 0.15) is 12.4 Å². The fraction of sp³-hybridized carbons (Fsp3) is 0.400. The molecule has 194 valence electrons. The molecule has 1 aromatic heterocycles. The van der Waals surface area contributed by atoms with Gasteiger partial charge in [-0.05, 0) is 32.0 Å². The number of carbonyl (C=O) groups is 1. The molecule has 1 unspecified atom stereocenters. The van der Waals surface area contributed by atoms with Gasteiger partial charge in [-0.3, -0.25) is 9.80 Å². The van der Waals surface area contributed by atoms with Crippen molar-refractivity contribution in [3.05, 3.63) is 47.4 Å². The van der Waals surface area contributed by atoms with Crippen LogP contribution in [0.25, 0.3) is 0 Å². The quantitative estimate of drug-likeness (QED) is 0.206. The molecule has 0 saturated heterocycles. The fourth-order valence-corrected chi connectivity index (χ4v) is 3.20. The van der Waals surface area contributed by atoms with Gasteiger partial charge in [-0.15, -0.1) is 0 Å². The Hall–Kier alpha value is -3.81. The van der Waals surface area contributed by atoms with E-state index in [1.165, 1.54) is 23.2 Å². The molecule has 0 radical (unpaired) electrons. The maximum atomic E-state index is 14.1. The first kappa shape index (κ1) is 28.4. The lowest BCUT2D eigenvalue weighted by Crippen LogP contribution is -2.42. The van der Waals surface area contributed by atoms with Gasteiger partial charge in [-0.25, -0.2) is 9.37 Å². The van der Waals surface area contributed by atoms with Crippen LogP contribution in [-0.2, 0) is 6.18 Å². The standard InChI is InChI=1S/C25H28F4N4O3/c1-6-8-9-12-31-32(4)22-14-19(35-5)10-11-20(22)24(34)33(7-2)17(3)16-36-23-21(26)13-18(15-30-23)25(27,28)29/h10-15,17H,6-7,16H2,1-5H3/b31-12-. The number of carbonyl (C=O) groups excluding carboxylic acids is 1. The number of benzene rings is 1. The monoisotopic (exact) mass is 508 g/mol. The van der Waals surface area contributed by atoms with E-state index in [0.717, 1.165) is 0 Å². The molecule has 2 aromatic rings. The summed E-state index contributed by atoms with van der Waals surface area (Å²) in [6, 6.07) is 4.66. The van der Waals surface area contributed by atoms with Crippen LogP contribution in [-0.4, -0.2) is 55.4 Å². The number of anilines is 1. The zero-order chi connectivity index (χ0) is 26.9. The lowest BCUT2D eigenvalue weighted by molar-refractivity contribution is -0.138. The van der Waals surface area contributed by atoms with Crippen molar-refractivity contribution in [3.8, 4) is 23.5 Å². The van der Waals surface area contributed by atoms with E-state index in [1.54, 1.807) is 39.1 Å². The third-order valence-electron chi connectivity index (χ3n) is 5.09. The summed E-state index contributed by atoms with van der Waals surface area (Å²) in [5.41, 5.74) is -0.424. The number of halogens is 4. The first-order chi connectivity index (χ1) is 17.0. The van der Waals surface area contributed by atoms with Gasteiger partial charge < -0.3 is 14.4 Å². The highest BCUT2D eigenvalue weighted by molar-refractivity contribution is 6.00. The van der Waals surface area contributed by atoms with Crippen molar-refractivity contribution in [2.45, 2.75) is 39.4 Å². The molecule has 2 rings (SSSR count). The minimum Gasteiger partial charge on any atom is -0.497 e. The number of ether oxygens (including phenoxy) is 2. The number of methoxy groups -OCH3 is 1. The van der Waals surface area contributed by atoms with Crippen molar-refractivity contribution in [2.75, 3.05) is 32.3 Å². The Morgan fingerprint density at radius 1 is 1.28 bits per heavy atom. The van der Waals surface area contributed by atoms with Gasteiger partial charge in [0.15, 0.2) is 5.82 Å². The molecule has 0 aliphatic carbocycles. The molecular formula is C25H28F4N4O3. The third-order valence-corrected chi connectivity index (χ3v) is 5.09. The van der Waals surface area contributed by atoms with Crippen molar-refractivity contribution in [1.29, 1.82) is 0 Å². The largest absolute Gasteiger partial charge is 0.497 e. The summed E-state index contributed by atoms with van der Waals surface area (Å²) in [7, 11) is 3.17. The van der Waals surface area contributed by atoms with Gasteiger partial charge in [0, 0.05) is 32.3 Å². The summed E-state index contributed by atoms with van der Waals surface area (Å²) in [6.45, 7) is 5.44. The molecule has 7 nitrogen and oxygen atoms in total. The number of pyridine rings is 1. The van der Waals surface area contributed by atoms with E-state index >= 15 is 0 Å². The van der Waals surface area contributed by atoms with E-state index in [0.29, 0.717) is 35.7 Å². The van der Waals surface area contributed by atoms with Gasteiger partial charge in [0.25, 0.3) is 5.91 Å². The fourth-order valence-electron chi connectivity index (χ4n) is 3.20. The van der Waals surface area contributed by atoms with Crippen LogP contribution >= 0.6 is 0 Å². The van der Waals surface area contributed by atoms with Crippen LogP contribution in [0.3, 0.4) is 0 Å². The predicted molar refractivity (Wildman–Crippen MR) is 129 cm³/mol. The molecule has 0 aliphatic heterocycles. The highest BCUT2D eigenvalue weighted by Crippen LogP contribution is 2.31. The Balaban J connectivity index is 2.24. The van der Waals surface area contributed by atoms with Crippen molar-refractivity contribution in [1.82, 2.24) is 9.88 Å². The van der Waals surface area contributed by atoms with Gasteiger partial charge in [0.2, 0.25) is 5.88 Å². The van der Waals surface area contributed by atoms with Crippen LogP contribution < -0.4 is 14.5 Å². The molecule has 1 atom stereocenters. The summed E-state index contributed by atoms with van der Waals surface area (Å²) in [5.74, 6) is 4.01. The van der Waals surface area contributed by atoms with E-state index < -0.39 is 29.5 Å². The minimum atomic E-state index is -4.72. The first-order valence-electron chi connectivity index (χ1n) is 11.1. The predicted octanol–water partition coefficient (Wildman–Crippen LogP) is 5.01. The van der Waals surface area contributed by atoms with E-state index in [9.17, 15) is 22.4 Å². The van der Waals surface area contributed by atoms with E-state index in [4.69, 9.17) is 9.47 Å². The number of alkyl halides is 3. The van der Waals surface area contributed by atoms with Crippen LogP contribution in [0, 0.1) is 17.7 Å². The maximum Gasteiger partial charge on any atom is 0.417 e. The van der Waals surface area contributed by atoms with Gasteiger partial charge in [-0.1, -0.05) is 18.8 Å². The number of hydrogen-bond donors (Lipinski definition) is 0. The van der Waals surface area contributed by atoms with Crippen molar-refractivity contribution in [2.24, 2.45) is 5.10 Å². The summed E-state index contributed by atoms with van der Waals surface area (Å²) in [4.78, 5) is 18.4. The molecule has 1 aromatic carbocycles. The zero-order valence-electron chi connectivity index (χ0n) is 20.7. The molecule has 0 aliphatic rings. The molecule has 0 N–H and O–H groups in total. The number of amides is 1. The highest BCUT2D eigenvalue weighted by atomic mass is 19.4. The Morgan fingerprint density at radius 3 is 2.58 bits per heavy atom. The van der Waals surface area contributed by atoms with Crippen molar-refractivity contribution < 1.29 is 31.8 Å². The zero-order valence-corrected chi connectivity index (χ0v) is 20.7. The molecule has 0 spiro atoms. The van der Waals surface area contributed by atoms with Crippen LogP contribution in [0.5, 0.6) is 11.6 Å². The Labute approximate surface area is 207 Å². The first-order valence-corrected chi connectivity index (χ1v) is 11.1. The van der Waals surface area contributed by atoms with Gasteiger partial charge in [-0.2, -0.15) is 18.3 Å². The number of rotatable bonds is 9.